The molecule has 0 heterocycles. The van der Waals surface area contributed by atoms with E-state index in [1.807, 2.05) is 0 Å². The molecule has 1 rings (SSSR count). The molecule has 0 spiro atoms. The summed E-state index contributed by atoms with van der Waals surface area (Å²) in [5, 5.41) is 0. The molecule has 1 aromatic carbocycles. The highest BCUT2D eigenvalue weighted by molar-refractivity contribution is 5.47. The molecule has 0 aliphatic heterocycles. The molecule has 0 nitrogen and oxygen atoms in total. The molecule has 0 fully saturated rings. The van der Waals surface area contributed by atoms with Crippen LogP contribution in [0.25, 0.3) is 6.08 Å². The smallest absolute Gasteiger partial charge is 0.194 e. The molecule has 0 saturated heterocycles. The van der Waals surface area contributed by atoms with Crippen molar-refractivity contribution in [3.05, 3.63) is 48.4 Å². The maximum Gasteiger partial charge on any atom is 0.339 e. The van der Waals surface area contributed by atoms with Gasteiger partial charge in [-0.15, -0.1) is 0 Å². The summed E-state index contributed by atoms with van der Waals surface area (Å²) < 4.78 is 23.8. The van der Waals surface area contributed by atoms with Crippen molar-refractivity contribution in [2.45, 2.75) is 0 Å². The van der Waals surface area contributed by atoms with Crippen LogP contribution in [-0.4, -0.2) is 0 Å². The summed E-state index contributed by atoms with van der Waals surface area (Å²) in [5.41, 5.74) is 0.811. The molecule has 0 unspecified atom stereocenters. The molecule has 11 heavy (non-hydrogen) atoms. The van der Waals surface area contributed by atoms with E-state index in [-0.39, 0.29) is 5.56 Å². The van der Waals surface area contributed by atoms with Gasteiger partial charge in [-0.25, -0.2) is 0 Å². The van der Waals surface area contributed by atoms with Gasteiger partial charge in [-0.2, -0.15) is 8.78 Å². The monoisotopic (exact) mass is 153 g/mol. The van der Waals surface area contributed by atoms with E-state index < -0.39 is 6.43 Å². The standard InChI is InChI=1S/C9H7F2/c1-2-7-3-5-8(6-4-7)9(10)11/h2-6H,1H2. The minimum atomic E-state index is -1.65. The maximum atomic E-state index is 11.9. The highest BCUT2D eigenvalue weighted by Crippen LogP contribution is 2.17. The normalized spacial score (nSPS) is 10.1. The Labute approximate surface area is 64.2 Å². The van der Waals surface area contributed by atoms with Gasteiger partial charge in [-0.1, -0.05) is 36.9 Å². The van der Waals surface area contributed by atoms with E-state index in [0.29, 0.717) is 0 Å². The predicted molar refractivity (Wildman–Crippen MR) is 41.1 cm³/mol. The minimum absolute atomic E-state index is 0.0319. The van der Waals surface area contributed by atoms with Gasteiger partial charge < -0.3 is 0 Å². The maximum absolute atomic E-state index is 11.9. The summed E-state index contributed by atoms with van der Waals surface area (Å²) in [6, 6.07) is 5.93. The highest BCUT2D eigenvalue weighted by Gasteiger charge is 2.07. The fourth-order valence-corrected chi connectivity index (χ4v) is 0.745. The van der Waals surface area contributed by atoms with Crippen molar-refractivity contribution in [2.75, 3.05) is 0 Å². The Hall–Kier alpha value is -1.18. The van der Waals surface area contributed by atoms with Gasteiger partial charge in [0.1, 0.15) is 0 Å². The average Bonchev–Trinajstić information content (AvgIpc) is 2.05. The third-order valence-corrected chi connectivity index (χ3v) is 1.36. The Bertz CT molecular complexity index is 236. The van der Waals surface area contributed by atoms with Crippen molar-refractivity contribution in [1.29, 1.82) is 0 Å². The van der Waals surface area contributed by atoms with E-state index in [4.69, 9.17) is 0 Å². The molecule has 0 atom stereocenters. The van der Waals surface area contributed by atoms with Crippen LogP contribution in [0.5, 0.6) is 0 Å². The molecular formula is C9H7F2. The molecule has 0 amide bonds. The van der Waals surface area contributed by atoms with Crippen molar-refractivity contribution >= 4 is 6.08 Å². The van der Waals surface area contributed by atoms with E-state index >= 15 is 0 Å². The molecule has 0 saturated carbocycles. The number of benzene rings is 1. The number of hydrogen-bond donors (Lipinski definition) is 0. The molecule has 0 N–H and O–H groups in total. The van der Waals surface area contributed by atoms with Crippen LogP contribution in [0.4, 0.5) is 8.78 Å². The van der Waals surface area contributed by atoms with Gasteiger partial charge >= 0.3 is 6.43 Å². The second-order valence-electron chi connectivity index (χ2n) is 2.09. The van der Waals surface area contributed by atoms with E-state index in [1.54, 1.807) is 18.2 Å². The number of halogens is 2. The van der Waals surface area contributed by atoms with Crippen LogP contribution < -0.4 is 0 Å². The summed E-state index contributed by atoms with van der Waals surface area (Å²) in [7, 11) is 0. The van der Waals surface area contributed by atoms with Crippen LogP contribution in [0, 0.1) is 6.43 Å². The Morgan fingerprint density at radius 3 is 2.09 bits per heavy atom. The van der Waals surface area contributed by atoms with E-state index in [2.05, 4.69) is 6.58 Å². The fraction of sp³-hybridized carbons (Fsp3) is 0. The first-order chi connectivity index (χ1) is 5.24. The van der Waals surface area contributed by atoms with Crippen LogP contribution in [0.1, 0.15) is 11.1 Å². The van der Waals surface area contributed by atoms with E-state index in [9.17, 15) is 8.78 Å². The summed E-state index contributed by atoms with van der Waals surface area (Å²) >= 11 is 0. The lowest BCUT2D eigenvalue weighted by atomic mass is 10.1. The Balaban J connectivity index is 2.91. The number of hydrogen-bond acceptors (Lipinski definition) is 0. The zero-order chi connectivity index (χ0) is 8.27. The summed E-state index contributed by atoms with van der Waals surface area (Å²) in [5.74, 6) is 0. The molecule has 2 heteroatoms. The lowest BCUT2D eigenvalue weighted by Gasteiger charge is -1.96. The van der Waals surface area contributed by atoms with Gasteiger partial charge in [-0.3, -0.25) is 0 Å². The van der Waals surface area contributed by atoms with Crippen LogP contribution in [0.2, 0.25) is 0 Å². The van der Waals surface area contributed by atoms with Crippen molar-refractivity contribution in [3.63, 3.8) is 0 Å². The third kappa shape index (κ3) is 1.87. The van der Waals surface area contributed by atoms with Crippen molar-refractivity contribution in [2.24, 2.45) is 0 Å². The molecular weight excluding hydrogens is 146 g/mol. The van der Waals surface area contributed by atoms with E-state index in [0.717, 1.165) is 5.56 Å². The average molecular weight is 153 g/mol. The first-order valence-electron chi connectivity index (χ1n) is 3.15. The fourth-order valence-electron chi connectivity index (χ4n) is 0.745. The molecule has 0 bridgehead atoms. The van der Waals surface area contributed by atoms with Gasteiger partial charge in [0.25, 0.3) is 0 Å². The molecule has 1 aromatic rings. The first kappa shape index (κ1) is 7.92. The van der Waals surface area contributed by atoms with Gasteiger partial charge in [0.2, 0.25) is 0 Å². The highest BCUT2D eigenvalue weighted by atomic mass is 19.3. The molecule has 0 aliphatic carbocycles. The van der Waals surface area contributed by atoms with Gasteiger partial charge in [0.05, 0.1) is 0 Å². The molecule has 0 aliphatic rings. The largest absolute Gasteiger partial charge is 0.339 e. The van der Waals surface area contributed by atoms with Crippen molar-refractivity contribution < 1.29 is 8.78 Å². The van der Waals surface area contributed by atoms with Gasteiger partial charge in [0, 0.05) is 5.56 Å². The Morgan fingerprint density at radius 1 is 1.18 bits per heavy atom. The van der Waals surface area contributed by atoms with Crippen LogP contribution in [0.3, 0.4) is 0 Å². The SMILES string of the molecule is C=Cc1ccc([C](F)F)cc1. The second-order valence-corrected chi connectivity index (χ2v) is 2.09. The Kier molecular flexibility index (Phi) is 2.36. The predicted octanol–water partition coefficient (Wildman–Crippen LogP) is 3.11. The lowest BCUT2D eigenvalue weighted by Crippen LogP contribution is -1.83. The Morgan fingerprint density at radius 2 is 1.73 bits per heavy atom. The second kappa shape index (κ2) is 3.28. The molecule has 0 aromatic heterocycles. The van der Waals surface area contributed by atoms with Crippen molar-refractivity contribution in [3.8, 4) is 0 Å². The van der Waals surface area contributed by atoms with Gasteiger partial charge in [0.15, 0.2) is 0 Å². The topological polar surface area (TPSA) is 0 Å². The number of rotatable bonds is 2. The van der Waals surface area contributed by atoms with Crippen LogP contribution in [0.15, 0.2) is 30.8 Å². The lowest BCUT2D eigenvalue weighted by molar-refractivity contribution is 0.325. The zero-order valence-electron chi connectivity index (χ0n) is 5.85. The quantitative estimate of drug-likeness (QED) is 0.612. The van der Waals surface area contributed by atoms with E-state index in [1.165, 1.54) is 12.1 Å². The summed E-state index contributed by atoms with van der Waals surface area (Å²) in [6.45, 7) is 3.51. The zero-order valence-corrected chi connectivity index (χ0v) is 5.85. The van der Waals surface area contributed by atoms with Crippen molar-refractivity contribution in [1.82, 2.24) is 0 Å². The summed E-state index contributed by atoms with van der Waals surface area (Å²) in [6.07, 6.45) is -0.0412. The van der Waals surface area contributed by atoms with Crippen LogP contribution >= 0.6 is 0 Å². The minimum Gasteiger partial charge on any atom is -0.194 e. The molecule has 1 radical (unpaired) electrons. The van der Waals surface area contributed by atoms with Gasteiger partial charge in [-0.05, 0) is 5.56 Å². The first-order valence-corrected chi connectivity index (χ1v) is 3.15. The third-order valence-electron chi connectivity index (χ3n) is 1.36. The van der Waals surface area contributed by atoms with Crippen LogP contribution in [-0.2, 0) is 0 Å². The summed E-state index contributed by atoms with van der Waals surface area (Å²) in [4.78, 5) is 0. The molecule has 57 valence electrons.